The van der Waals surface area contributed by atoms with Crippen LogP contribution in [0.3, 0.4) is 0 Å². The molecule has 0 saturated heterocycles. The first-order valence-electron chi connectivity index (χ1n) is 3.63. The molecule has 11 heavy (non-hydrogen) atoms. The second kappa shape index (κ2) is 4.02. The number of aliphatic carboxylic acids is 1. The van der Waals surface area contributed by atoms with Gasteiger partial charge in [-0.2, -0.15) is 0 Å². The van der Waals surface area contributed by atoms with Crippen LogP contribution in [0.1, 0.15) is 33.1 Å². The predicted molar refractivity (Wildman–Crippen MR) is 44.1 cm³/mol. The average Bonchev–Trinajstić information content (AvgIpc) is 1.81. The van der Waals surface area contributed by atoms with Crippen molar-refractivity contribution in [2.45, 2.75) is 33.1 Å². The van der Waals surface area contributed by atoms with Crippen LogP contribution >= 0.6 is 0 Å². The van der Waals surface area contributed by atoms with E-state index in [1.165, 1.54) is 0 Å². The molecule has 0 bridgehead atoms. The molecule has 0 radical (unpaired) electrons. The van der Waals surface area contributed by atoms with Gasteiger partial charge in [-0.15, -0.1) is 12.3 Å². The minimum absolute atomic E-state index is 0.168. The second-order valence-electron chi connectivity index (χ2n) is 3.44. The molecule has 0 atom stereocenters. The lowest BCUT2D eigenvalue weighted by molar-refractivity contribution is -0.139. The highest BCUT2D eigenvalue weighted by Gasteiger charge is 2.20. The van der Waals surface area contributed by atoms with Gasteiger partial charge in [-0.1, -0.05) is 13.8 Å². The lowest BCUT2D eigenvalue weighted by atomic mass is 9.85. The smallest absolute Gasteiger partial charge is 0.303 e. The van der Waals surface area contributed by atoms with Crippen LogP contribution in [-0.2, 0) is 4.79 Å². The third-order valence-corrected chi connectivity index (χ3v) is 1.58. The average molecular weight is 154 g/mol. The molecular weight excluding hydrogens is 140 g/mol. The standard InChI is InChI=1S/C9H14O2/c1-4-5-6-9(2,3)7-8(10)11/h1H,5-7H2,2-3H3,(H,10,11). The summed E-state index contributed by atoms with van der Waals surface area (Å²) >= 11 is 0. The van der Waals surface area contributed by atoms with E-state index in [-0.39, 0.29) is 11.8 Å². The zero-order valence-electron chi connectivity index (χ0n) is 7.05. The molecule has 0 aliphatic carbocycles. The molecule has 0 unspecified atom stereocenters. The van der Waals surface area contributed by atoms with E-state index in [9.17, 15) is 4.79 Å². The van der Waals surface area contributed by atoms with Gasteiger partial charge in [-0.3, -0.25) is 4.79 Å². The van der Waals surface area contributed by atoms with Gasteiger partial charge in [0, 0.05) is 6.42 Å². The third-order valence-electron chi connectivity index (χ3n) is 1.58. The minimum atomic E-state index is -0.757. The molecule has 1 N–H and O–H groups in total. The Hall–Kier alpha value is -0.970. The number of carboxylic acids is 1. The molecule has 0 aliphatic heterocycles. The zero-order chi connectivity index (χ0) is 8.91. The number of hydrogen-bond acceptors (Lipinski definition) is 1. The molecule has 0 rings (SSSR count). The quantitative estimate of drug-likeness (QED) is 0.628. The molecule has 0 spiro atoms. The Balaban J connectivity index is 3.81. The van der Waals surface area contributed by atoms with Gasteiger partial charge in [0.05, 0.1) is 6.42 Å². The highest BCUT2D eigenvalue weighted by Crippen LogP contribution is 2.25. The molecular formula is C9H14O2. The summed E-state index contributed by atoms with van der Waals surface area (Å²) < 4.78 is 0. The van der Waals surface area contributed by atoms with Crippen molar-refractivity contribution in [3.63, 3.8) is 0 Å². The number of carbonyl (C=O) groups is 1. The van der Waals surface area contributed by atoms with E-state index < -0.39 is 5.97 Å². The van der Waals surface area contributed by atoms with Crippen LogP contribution in [0.25, 0.3) is 0 Å². The Morgan fingerprint density at radius 3 is 2.55 bits per heavy atom. The zero-order valence-corrected chi connectivity index (χ0v) is 7.05. The van der Waals surface area contributed by atoms with Gasteiger partial charge < -0.3 is 5.11 Å². The van der Waals surface area contributed by atoms with Gasteiger partial charge in [0.15, 0.2) is 0 Å². The van der Waals surface area contributed by atoms with Crippen molar-refractivity contribution in [3.8, 4) is 12.3 Å². The second-order valence-corrected chi connectivity index (χ2v) is 3.44. The van der Waals surface area contributed by atoms with Gasteiger partial charge >= 0.3 is 5.97 Å². The summed E-state index contributed by atoms with van der Waals surface area (Å²) in [5, 5.41) is 8.50. The molecule has 0 amide bonds. The van der Waals surface area contributed by atoms with Crippen LogP contribution in [0, 0.1) is 17.8 Å². The predicted octanol–water partition coefficient (Wildman–Crippen LogP) is 1.90. The van der Waals surface area contributed by atoms with Gasteiger partial charge in [0.2, 0.25) is 0 Å². The molecule has 2 nitrogen and oxygen atoms in total. The molecule has 0 heterocycles. The van der Waals surface area contributed by atoms with Crippen LogP contribution in [-0.4, -0.2) is 11.1 Å². The fraction of sp³-hybridized carbons (Fsp3) is 0.667. The van der Waals surface area contributed by atoms with Crippen LogP contribution in [0.2, 0.25) is 0 Å². The third kappa shape index (κ3) is 5.47. The number of carboxylic acid groups (broad SMARTS) is 1. The SMILES string of the molecule is C#CCCC(C)(C)CC(=O)O. The van der Waals surface area contributed by atoms with Crippen molar-refractivity contribution in [1.82, 2.24) is 0 Å². The van der Waals surface area contributed by atoms with Crippen LogP contribution < -0.4 is 0 Å². The van der Waals surface area contributed by atoms with Crippen molar-refractivity contribution < 1.29 is 9.90 Å². The molecule has 0 saturated carbocycles. The Morgan fingerprint density at radius 1 is 1.64 bits per heavy atom. The maximum atomic E-state index is 10.3. The van der Waals surface area contributed by atoms with Gasteiger partial charge in [-0.25, -0.2) is 0 Å². The maximum Gasteiger partial charge on any atom is 0.303 e. The Bertz CT molecular complexity index is 174. The molecule has 0 aromatic carbocycles. The fourth-order valence-electron chi connectivity index (χ4n) is 0.908. The first kappa shape index (κ1) is 10.0. The largest absolute Gasteiger partial charge is 0.481 e. The summed E-state index contributed by atoms with van der Waals surface area (Å²) in [5.41, 5.74) is -0.168. The number of hydrogen-bond donors (Lipinski definition) is 1. The van der Waals surface area contributed by atoms with Crippen LogP contribution in [0.4, 0.5) is 0 Å². The van der Waals surface area contributed by atoms with E-state index in [2.05, 4.69) is 5.92 Å². The molecule has 2 heteroatoms. The Kier molecular flexibility index (Phi) is 3.67. The van der Waals surface area contributed by atoms with Crippen LogP contribution in [0.15, 0.2) is 0 Å². The van der Waals surface area contributed by atoms with Crippen molar-refractivity contribution in [1.29, 1.82) is 0 Å². The van der Waals surface area contributed by atoms with Crippen LogP contribution in [0.5, 0.6) is 0 Å². The molecule has 0 fully saturated rings. The number of terminal acetylenes is 1. The minimum Gasteiger partial charge on any atom is -0.481 e. The lowest BCUT2D eigenvalue weighted by Gasteiger charge is -2.20. The highest BCUT2D eigenvalue weighted by molar-refractivity contribution is 5.67. The summed E-state index contributed by atoms with van der Waals surface area (Å²) in [7, 11) is 0. The van der Waals surface area contributed by atoms with E-state index in [0.717, 1.165) is 6.42 Å². The van der Waals surface area contributed by atoms with Crippen molar-refractivity contribution in [2.75, 3.05) is 0 Å². The van der Waals surface area contributed by atoms with E-state index >= 15 is 0 Å². The van der Waals surface area contributed by atoms with Crippen molar-refractivity contribution >= 4 is 5.97 Å². The van der Waals surface area contributed by atoms with Gasteiger partial charge in [0.1, 0.15) is 0 Å². The summed E-state index contributed by atoms with van der Waals surface area (Å²) in [6.45, 7) is 3.83. The molecule has 0 aromatic heterocycles. The van der Waals surface area contributed by atoms with E-state index in [4.69, 9.17) is 11.5 Å². The Morgan fingerprint density at radius 2 is 2.18 bits per heavy atom. The maximum absolute atomic E-state index is 10.3. The topological polar surface area (TPSA) is 37.3 Å². The van der Waals surface area contributed by atoms with Crippen molar-refractivity contribution in [3.05, 3.63) is 0 Å². The summed E-state index contributed by atoms with van der Waals surface area (Å²) in [5.74, 6) is 1.75. The Labute approximate surface area is 67.6 Å². The number of rotatable bonds is 4. The highest BCUT2D eigenvalue weighted by atomic mass is 16.4. The first-order chi connectivity index (χ1) is 4.98. The molecule has 62 valence electrons. The first-order valence-corrected chi connectivity index (χ1v) is 3.63. The van der Waals surface area contributed by atoms with E-state index in [1.807, 2.05) is 13.8 Å². The summed E-state index contributed by atoms with van der Waals surface area (Å²) in [6.07, 6.45) is 6.68. The summed E-state index contributed by atoms with van der Waals surface area (Å²) in [4.78, 5) is 10.3. The van der Waals surface area contributed by atoms with E-state index in [1.54, 1.807) is 0 Å². The van der Waals surface area contributed by atoms with Gasteiger partial charge in [-0.05, 0) is 11.8 Å². The monoisotopic (exact) mass is 154 g/mol. The van der Waals surface area contributed by atoms with Crippen molar-refractivity contribution in [2.24, 2.45) is 5.41 Å². The fourth-order valence-corrected chi connectivity index (χ4v) is 0.908. The van der Waals surface area contributed by atoms with E-state index in [0.29, 0.717) is 6.42 Å². The lowest BCUT2D eigenvalue weighted by Crippen LogP contribution is -2.16. The van der Waals surface area contributed by atoms with Gasteiger partial charge in [0.25, 0.3) is 0 Å². The molecule has 0 aliphatic rings. The normalized spacial score (nSPS) is 10.6. The summed E-state index contributed by atoms with van der Waals surface area (Å²) in [6, 6.07) is 0. The molecule has 0 aromatic rings.